The summed E-state index contributed by atoms with van der Waals surface area (Å²) in [5.74, 6) is 0.339. The summed E-state index contributed by atoms with van der Waals surface area (Å²) in [4.78, 5) is 12.7. The van der Waals surface area contributed by atoms with E-state index in [1.807, 2.05) is 38.1 Å². The Morgan fingerprint density at radius 2 is 2.11 bits per heavy atom. The van der Waals surface area contributed by atoms with Gasteiger partial charge in [-0.05, 0) is 49.8 Å². The van der Waals surface area contributed by atoms with Crippen LogP contribution in [0.3, 0.4) is 0 Å². The fourth-order valence-electron chi connectivity index (χ4n) is 3.25. The molecule has 0 aliphatic carbocycles. The number of piperidine rings is 1. The number of hydrogen-bond donors (Lipinski definition) is 1. The van der Waals surface area contributed by atoms with Gasteiger partial charge in [-0.15, -0.1) is 11.3 Å². The third-order valence-corrected chi connectivity index (χ3v) is 8.05. The molecule has 152 valence electrons. The molecule has 0 unspecified atom stereocenters. The maximum atomic E-state index is 12.7. The second kappa shape index (κ2) is 9.07. The molecule has 1 saturated heterocycles. The van der Waals surface area contributed by atoms with Gasteiger partial charge in [0.15, 0.2) is 0 Å². The van der Waals surface area contributed by atoms with Gasteiger partial charge < -0.3 is 10.1 Å². The third-order valence-electron chi connectivity index (χ3n) is 4.82. The van der Waals surface area contributed by atoms with Crippen LogP contribution in [0.2, 0.25) is 0 Å². The molecule has 1 aliphatic rings. The first-order valence-corrected chi connectivity index (χ1v) is 11.7. The number of aryl methyl sites for hydroxylation is 1. The molecule has 0 radical (unpaired) electrons. The van der Waals surface area contributed by atoms with Crippen molar-refractivity contribution in [2.45, 2.75) is 36.9 Å². The summed E-state index contributed by atoms with van der Waals surface area (Å²) < 4.78 is 33.0. The quantitative estimate of drug-likeness (QED) is 0.744. The van der Waals surface area contributed by atoms with E-state index in [4.69, 9.17) is 4.74 Å². The number of para-hydroxylation sites is 1. The van der Waals surface area contributed by atoms with E-state index in [1.54, 1.807) is 17.5 Å². The van der Waals surface area contributed by atoms with Crippen LogP contribution in [-0.4, -0.2) is 44.4 Å². The van der Waals surface area contributed by atoms with Crippen molar-refractivity contribution in [3.63, 3.8) is 0 Å². The minimum atomic E-state index is -3.52. The predicted molar refractivity (Wildman–Crippen MR) is 110 cm³/mol. The largest absolute Gasteiger partial charge is 0.491 e. The summed E-state index contributed by atoms with van der Waals surface area (Å²) in [6, 6.07) is 10.9. The van der Waals surface area contributed by atoms with Crippen LogP contribution in [0.4, 0.5) is 0 Å². The van der Waals surface area contributed by atoms with E-state index >= 15 is 0 Å². The molecule has 1 amide bonds. The lowest BCUT2D eigenvalue weighted by molar-refractivity contribution is -0.126. The first-order valence-electron chi connectivity index (χ1n) is 9.40. The van der Waals surface area contributed by atoms with E-state index in [-0.39, 0.29) is 24.4 Å². The maximum absolute atomic E-state index is 12.7. The molecule has 2 heterocycles. The van der Waals surface area contributed by atoms with Crippen molar-refractivity contribution in [1.82, 2.24) is 9.62 Å². The highest BCUT2D eigenvalue weighted by atomic mass is 32.2. The Labute approximate surface area is 170 Å². The molecule has 3 rings (SSSR count). The molecule has 1 aromatic carbocycles. The Morgan fingerprint density at radius 1 is 1.32 bits per heavy atom. The first kappa shape index (κ1) is 20.8. The second-order valence-corrected chi connectivity index (χ2v) is 10.2. The van der Waals surface area contributed by atoms with Gasteiger partial charge >= 0.3 is 0 Å². The third kappa shape index (κ3) is 4.92. The number of sulfonamides is 1. The van der Waals surface area contributed by atoms with Crippen LogP contribution in [0.25, 0.3) is 0 Å². The summed E-state index contributed by atoms with van der Waals surface area (Å²) in [6.07, 6.45) is 1.37. The fourth-order valence-corrected chi connectivity index (χ4v) is 5.92. The summed E-state index contributed by atoms with van der Waals surface area (Å²) >= 11 is 1.20. The number of carbonyl (C=O) groups is 1. The number of thiophene rings is 1. The number of amides is 1. The van der Waals surface area contributed by atoms with Crippen molar-refractivity contribution in [1.29, 1.82) is 0 Å². The molecule has 2 aromatic rings. The van der Waals surface area contributed by atoms with Gasteiger partial charge in [-0.3, -0.25) is 4.79 Å². The van der Waals surface area contributed by atoms with Gasteiger partial charge in [0.25, 0.3) is 10.0 Å². The van der Waals surface area contributed by atoms with Crippen molar-refractivity contribution in [2.24, 2.45) is 5.92 Å². The zero-order valence-electron chi connectivity index (χ0n) is 16.1. The number of carbonyl (C=O) groups excluding carboxylic acids is 1. The van der Waals surface area contributed by atoms with Crippen LogP contribution in [0, 0.1) is 12.8 Å². The van der Waals surface area contributed by atoms with Crippen LogP contribution in [-0.2, 0) is 14.8 Å². The van der Waals surface area contributed by atoms with Crippen LogP contribution in [0.15, 0.2) is 46.0 Å². The van der Waals surface area contributed by atoms with Gasteiger partial charge in [0, 0.05) is 13.1 Å². The van der Waals surface area contributed by atoms with E-state index in [0.29, 0.717) is 30.2 Å². The maximum Gasteiger partial charge on any atom is 0.252 e. The lowest BCUT2D eigenvalue weighted by atomic mass is 9.98. The molecule has 0 bridgehead atoms. The van der Waals surface area contributed by atoms with E-state index in [0.717, 1.165) is 11.3 Å². The highest BCUT2D eigenvalue weighted by Gasteiger charge is 2.34. The molecule has 0 spiro atoms. The smallest absolute Gasteiger partial charge is 0.252 e. The predicted octanol–water partition coefficient (Wildman–Crippen LogP) is 3.04. The van der Waals surface area contributed by atoms with Crippen LogP contribution < -0.4 is 10.1 Å². The van der Waals surface area contributed by atoms with Gasteiger partial charge in [0.2, 0.25) is 5.91 Å². The molecule has 1 N–H and O–H groups in total. The molecule has 1 fully saturated rings. The zero-order valence-corrected chi connectivity index (χ0v) is 17.8. The molecular formula is C20H26N2O4S2. The minimum absolute atomic E-state index is 0.119. The van der Waals surface area contributed by atoms with Gasteiger partial charge in [-0.25, -0.2) is 8.42 Å². The molecular weight excluding hydrogens is 396 g/mol. The van der Waals surface area contributed by atoms with Crippen molar-refractivity contribution in [3.05, 3.63) is 47.3 Å². The number of ether oxygens (including phenoxy) is 1. The molecule has 8 heteroatoms. The molecule has 6 nitrogen and oxygen atoms in total. The first-order chi connectivity index (χ1) is 13.4. The summed E-state index contributed by atoms with van der Waals surface area (Å²) in [5.41, 5.74) is 1.04. The van der Waals surface area contributed by atoms with Gasteiger partial charge in [-0.1, -0.05) is 24.3 Å². The topological polar surface area (TPSA) is 75.7 Å². The highest BCUT2D eigenvalue weighted by molar-refractivity contribution is 7.91. The molecule has 1 aromatic heterocycles. The lowest BCUT2D eigenvalue weighted by Crippen LogP contribution is -2.47. The molecule has 1 aliphatic heterocycles. The normalized spacial score (nSPS) is 19.1. The molecule has 0 saturated carbocycles. The van der Waals surface area contributed by atoms with Crippen molar-refractivity contribution >= 4 is 27.3 Å². The Balaban J connectivity index is 1.54. The van der Waals surface area contributed by atoms with E-state index in [9.17, 15) is 13.2 Å². The van der Waals surface area contributed by atoms with Gasteiger partial charge in [0.1, 0.15) is 16.6 Å². The number of rotatable bonds is 7. The average Bonchev–Trinajstić information content (AvgIpc) is 3.23. The summed E-state index contributed by atoms with van der Waals surface area (Å²) in [6.45, 7) is 4.90. The number of benzene rings is 1. The Bertz CT molecular complexity index is 897. The molecule has 28 heavy (non-hydrogen) atoms. The fraction of sp³-hybridized carbons (Fsp3) is 0.450. The monoisotopic (exact) mass is 422 g/mol. The van der Waals surface area contributed by atoms with Gasteiger partial charge in [0.05, 0.1) is 12.0 Å². The lowest BCUT2D eigenvalue weighted by Gasteiger charge is -2.31. The number of nitrogens with zero attached hydrogens (tertiary/aromatic N) is 1. The number of nitrogens with one attached hydrogen (secondary N) is 1. The SMILES string of the molecule is Cc1ccccc1OC[C@@H](C)NC(=O)[C@H]1CCCN(S(=O)(=O)c2cccs2)C1. The zero-order chi connectivity index (χ0) is 20.1. The average molecular weight is 423 g/mol. The van der Waals surface area contributed by atoms with Crippen LogP contribution >= 0.6 is 11.3 Å². The van der Waals surface area contributed by atoms with E-state index in [1.165, 1.54) is 15.6 Å². The van der Waals surface area contributed by atoms with Crippen LogP contribution in [0.1, 0.15) is 25.3 Å². The second-order valence-electron chi connectivity index (χ2n) is 7.12. The van der Waals surface area contributed by atoms with Crippen LogP contribution in [0.5, 0.6) is 5.75 Å². The van der Waals surface area contributed by atoms with Crippen molar-refractivity contribution in [3.8, 4) is 5.75 Å². The minimum Gasteiger partial charge on any atom is -0.491 e. The molecule has 2 atom stereocenters. The Kier molecular flexibility index (Phi) is 6.74. The van der Waals surface area contributed by atoms with E-state index < -0.39 is 10.0 Å². The van der Waals surface area contributed by atoms with Crippen molar-refractivity contribution < 1.29 is 17.9 Å². The highest BCUT2D eigenvalue weighted by Crippen LogP contribution is 2.26. The summed E-state index contributed by atoms with van der Waals surface area (Å²) in [7, 11) is -3.52. The Hall–Kier alpha value is -1.90. The van der Waals surface area contributed by atoms with Gasteiger partial charge in [-0.2, -0.15) is 4.31 Å². The summed E-state index contributed by atoms with van der Waals surface area (Å²) in [5, 5.41) is 4.71. The van der Waals surface area contributed by atoms with Crippen molar-refractivity contribution in [2.75, 3.05) is 19.7 Å². The standard InChI is InChI=1S/C20H26N2O4S2/c1-15-7-3-4-9-18(15)26-14-16(2)21-20(23)17-8-5-11-22(13-17)28(24,25)19-10-6-12-27-19/h3-4,6-7,9-10,12,16-17H,5,8,11,13-14H2,1-2H3,(H,21,23)/t16-,17+/m1/s1. The Morgan fingerprint density at radius 3 is 2.82 bits per heavy atom. The number of hydrogen-bond acceptors (Lipinski definition) is 5. The van der Waals surface area contributed by atoms with E-state index in [2.05, 4.69) is 5.32 Å².